The average Bonchev–Trinajstić information content (AvgIpc) is 2.71. The van der Waals surface area contributed by atoms with Gasteiger partial charge in [0.15, 0.2) is 0 Å². The summed E-state index contributed by atoms with van der Waals surface area (Å²) in [5, 5.41) is 16.4. The van der Waals surface area contributed by atoms with Gasteiger partial charge < -0.3 is 20.1 Å². The lowest BCUT2D eigenvalue weighted by molar-refractivity contribution is -0.385. The Kier molecular flexibility index (Phi) is 6.08. The Hall–Kier alpha value is -3.88. The molecule has 1 atom stereocenters. The van der Waals surface area contributed by atoms with E-state index in [0.29, 0.717) is 5.75 Å². The Morgan fingerprint density at radius 1 is 1.10 bits per heavy atom. The Balaban J connectivity index is 1.76. The van der Waals surface area contributed by atoms with Crippen LogP contribution in [0, 0.1) is 10.1 Å². The molecule has 0 aromatic heterocycles. The molecule has 29 heavy (non-hydrogen) atoms. The molecule has 2 N–H and O–H groups in total. The first-order chi connectivity index (χ1) is 14.0. The van der Waals surface area contributed by atoms with Crippen molar-refractivity contribution in [1.82, 2.24) is 10.6 Å². The van der Waals surface area contributed by atoms with Crippen molar-refractivity contribution >= 4 is 17.7 Å². The largest absolute Gasteiger partial charge is 0.490 e. The van der Waals surface area contributed by atoms with Crippen LogP contribution in [0.5, 0.6) is 5.75 Å². The smallest absolute Gasteiger partial charge is 0.338 e. The molecule has 2 aromatic rings. The maximum atomic E-state index is 12.7. The molecular formula is C20H19N3O6. The number of nitro groups is 1. The van der Waals surface area contributed by atoms with Crippen LogP contribution in [-0.4, -0.2) is 30.1 Å². The van der Waals surface area contributed by atoms with E-state index >= 15 is 0 Å². The minimum atomic E-state index is -1.01. The number of carbonyl (C=O) groups excluding carboxylic acids is 2. The fourth-order valence-electron chi connectivity index (χ4n) is 2.98. The number of nitrogens with zero attached hydrogens (tertiary/aromatic N) is 1. The predicted molar refractivity (Wildman–Crippen MR) is 103 cm³/mol. The molecule has 9 heteroatoms. The van der Waals surface area contributed by atoms with Crippen LogP contribution in [0.25, 0.3) is 0 Å². The molecule has 1 heterocycles. The molecule has 2 aromatic carbocycles. The van der Waals surface area contributed by atoms with Gasteiger partial charge in [0.2, 0.25) is 0 Å². The van der Waals surface area contributed by atoms with Crippen LogP contribution >= 0.6 is 0 Å². The summed E-state index contributed by atoms with van der Waals surface area (Å²) in [4.78, 5) is 35.4. The summed E-state index contributed by atoms with van der Waals surface area (Å²) >= 11 is 0. The van der Waals surface area contributed by atoms with Crippen molar-refractivity contribution in [3.8, 4) is 5.75 Å². The van der Waals surface area contributed by atoms with Crippen LogP contribution in [0.2, 0.25) is 0 Å². The van der Waals surface area contributed by atoms with E-state index in [1.54, 1.807) is 18.2 Å². The van der Waals surface area contributed by atoms with Crippen LogP contribution in [0.4, 0.5) is 10.5 Å². The number of hydrogen-bond acceptors (Lipinski definition) is 6. The average molecular weight is 397 g/mol. The Morgan fingerprint density at radius 2 is 1.79 bits per heavy atom. The second kappa shape index (κ2) is 8.87. The van der Waals surface area contributed by atoms with Crippen LogP contribution in [-0.2, 0) is 9.53 Å². The SMILES string of the molecule is CC1=C(C(=O)OCCOc2ccccc2)[C@@H](c2ccccc2[N+](=O)[O-])NC(=O)N1. The molecule has 0 aliphatic carbocycles. The topological polar surface area (TPSA) is 120 Å². The van der Waals surface area contributed by atoms with Crippen molar-refractivity contribution < 1.29 is 24.0 Å². The van der Waals surface area contributed by atoms with Gasteiger partial charge in [0.05, 0.1) is 22.1 Å². The lowest BCUT2D eigenvalue weighted by Crippen LogP contribution is -2.45. The lowest BCUT2D eigenvalue weighted by atomic mass is 9.94. The van der Waals surface area contributed by atoms with Crippen molar-refractivity contribution in [2.24, 2.45) is 0 Å². The number of carbonyl (C=O) groups is 2. The zero-order valence-corrected chi connectivity index (χ0v) is 15.6. The van der Waals surface area contributed by atoms with Crippen LogP contribution < -0.4 is 15.4 Å². The number of benzene rings is 2. The fourth-order valence-corrected chi connectivity index (χ4v) is 2.98. The van der Waals surface area contributed by atoms with Crippen molar-refractivity contribution in [3.05, 3.63) is 81.5 Å². The highest BCUT2D eigenvalue weighted by Crippen LogP contribution is 2.33. The zero-order valence-electron chi connectivity index (χ0n) is 15.6. The third-order valence-electron chi connectivity index (χ3n) is 4.26. The van der Waals surface area contributed by atoms with Gasteiger partial charge in [-0.05, 0) is 25.1 Å². The number of rotatable bonds is 7. The molecule has 0 unspecified atom stereocenters. The minimum Gasteiger partial charge on any atom is -0.490 e. The first-order valence-corrected chi connectivity index (χ1v) is 8.84. The van der Waals surface area contributed by atoms with Gasteiger partial charge >= 0.3 is 12.0 Å². The Labute approximate surface area is 166 Å². The normalized spacial score (nSPS) is 15.9. The molecule has 2 amide bonds. The molecule has 0 fully saturated rings. The number of nitro benzene ring substituents is 1. The van der Waals surface area contributed by atoms with Crippen LogP contribution in [0.15, 0.2) is 65.9 Å². The highest BCUT2D eigenvalue weighted by Gasteiger charge is 2.35. The molecule has 0 spiro atoms. The van der Waals surface area contributed by atoms with Crippen LogP contribution in [0.3, 0.4) is 0 Å². The van der Waals surface area contributed by atoms with E-state index in [-0.39, 0.29) is 35.7 Å². The number of amides is 2. The highest BCUT2D eigenvalue weighted by atomic mass is 16.6. The van der Waals surface area contributed by atoms with Crippen molar-refractivity contribution in [2.45, 2.75) is 13.0 Å². The Morgan fingerprint density at radius 3 is 2.52 bits per heavy atom. The summed E-state index contributed by atoms with van der Waals surface area (Å²) in [7, 11) is 0. The van der Waals surface area contributed by atoms with Crippen molar-refractivity contribution in [1.29, 1.82) is 0 Å². The summed E-state index contributed by atoms with van der Waals surface area (Å²) in [6.07, 6.45) is 0. The van der Waals surface area contributed by atoms with E-state index in [4.69, 9.17) is 9.47 Å². The van der Waals surface area contributed by atoms with E-state index < -0.39 is 23.0 Å². The van der Waals surface area contributed by atoms with Gasteiger partial charge in [0, 0.05) is 11.8 Å². The van der Waals surface area contributed by atoms with Gasteiger partial charge in [0.25, 0.3) is 5.69 Å². The van der Waals surface area contributed by atoms with Crippen molar-refractivity contribution in [2.75, 3.05) is 13.2 Å². The zero-order chi connectivity index (χ0) is 20.8. The van der Waals surface area contributed by atoms with Crippen molar-refractivity contribution in [3.63, 3.8) is 0 Å². The summed E-state index contributed by atoms with van der Waals surface area (Å²) in [5.41, 5.74) is 0.355. The second-order valence-electron chi connectivity index (χ2n) is 6.18. The molecule has 1 aliphatic rings. The first-order valence-electron chi connectivity index (χ1n) is 8.84. The summed E-state index contributed by atoms with van der Waals surface area (Å²) in [5.74, 6) is -0.0573. The molecule has 0 radical (unpaired) electrons. The van der Waals surface area contributed by atoms with Gasteiger partial charge in [-0.1, -0.05) is 30.3 Å². The van der Waals surface area contributed by atoms with Gasteiger partial charge in [-0.3, -0.25) is 10.1 Å². The number of nitrogens with one attached hydrogen (secondary N) is 2. The standard InChI is InChI=1S/C20H19N3O6/c1-13-17(19(24)29-12-11-28-14-7-3-2-4-8-14)18(22-20(25)21-13)15-9-5-6-10-16(15)23(26)27/h2-10,18H,11-12H2,1H3,(H2,21,22,25)/t18-/m1/s1. The van der Waals surface area contributed by atoms with E-state index in [2.05, 4.69) is 10.6 Å². The summed E-state index contributed by atoms with van der Waals surface area (Å²) in [6.45, 7) is 1.65. The maximum Gasteiger partial charge on any atom is 0.338 e. The van der Waals surface area contributed by atoms with Gasteiger partial charge in [-0.25, -0.2) is 9.59 Å². The molecule has 9 nitrogen and oxygen atoms in total. The monoisotopic (exact) mass is 397 g/mol. The second-order valence-corrected chi connectivity index (χ2v) is 6.18. The minimum absolute atomic E-state index is 0.0257. The summed E-state index contributed by atoms with van der Waals surface area (Å²) < 4.78 is 10.8. The van der Waals surface area contributed by atoms with Gasteiger partial charge in [-0.15, -0.1) is 0 Å². The van der Waals surface area contributed by atoms with E-state index in [0.717, 1.165) is 0 Å². The molecule has 3 rings (SSSR count). The predicted octanol–water partition coefficient (Wildman–Crippen LogP) is 2.84. The third-order valence-corrected chi connectivity index (χ3v) is 4.26. The number of para-hydroxylation sites is 2. The fraction of sp³-hybridized carbons (Fsp3) is 0.200. The summed E-state index contributed by atoms with van der Waals surface area (Å²) in [6, 6.07) is 13.4. The number of urea groups is 1. The van der Waals surface area contributed by atoms with Gasteiger partial charge in [-0.2, -0.15) is 0 Å². The van der Waals surface area contributed by atoms with Gasteiger partial charge in [0.1, 0.15) is 19.0 Å². The lowest BCUT2D eigenvalue weighted by Gasteiger charge is -2.27. The Bertz CT molecular complexity index is 958. The molecule has 0 saturated heterocycles. The third kappa shape index (κ3) is 4.70. The van der Waals surface area contributed by atoms with Crippen LogP contribution in [0.1, 0.15) is 18.5 Å². The van der Waals surface area contributed by atoms with E-state index in [1.807, 2.05) is 18.2 Å². The number of allylic oxidation sites excluding steroid dienone is 1. The molecular weight excluding hydrogens is 378 g/mol. The number of esters is 1. The number of hydrogen-bond donors (Lipinski definition) is 2. The molecule has 0 saturated carbocycles. The molecule has 0 bridgehead atoms. The quantitative estimate of drug-likeness (QED) is 0.321. The number of ether oxygens (including phenoxy) is 2. The molecule has 1 aliphatic heterocycles. The van der Waals surface area contributed by atoms with E-state index in [9.17, 15) is 19.7 Å². The maximum absolute atomic E-state index is 12.7. The highest BCUT2D eigenvalue weighted by molar-refractivity contribution is 5.95. The molecule has 150 valence electrons. The first kappa shape index (κ1) is 19.9. The van der Waals surface area contributed by atoms with E-state index in [1.165, 1.54) is 25.1 Å².